The fourth-order valence-corrected chi connectivity index (χ4v) is 2.37. The van der Waals surface area contributed by atoms with Crippen LogP contribution in [0.15, 0.2) is 12.1 Å². The second kappa shape index (κ2) is 4.90. The summed E-state index contributed by atoms with van der Waals surface area (Å²) in [6, 6.07) is 1.75. The van der Waals surface area contributed by atoms with E-state index >= 15 is 0 Å². The van der Waals surface area contributed by atoms with Gasteiger partial charge in [0.25, 0.3) is 10.1 Å². The number of benzene rings is 1. The number of hydrogen-bond donors (Lipinski definition) is 0. The van der Waals surface area contributed by atoms with Gasteiger partial charge in [-0.1, -0.05) is 17.8 Å². The monoisotopic (exact) mass is 296 g/mol. The average Bonchev–Trinajstić information content (AvgIpc) is 3.08. The van der Waals surface area contributed by atoms with Gasteiger partial charge in [-0.3, -0.25) is 4.18 Å². The fraction of sp³-hybridized carbons (Fsp3) is 0.286. The molecule has 1 fully saturated rings. The van der Waals surface area contributed by atoms with Crippen LogP contribution in [0.4, 0.5) is 8.78 Å². The van der Waals surface area contributed by atoms with E-state index in [-0.39, 0.29) is 11.1 Å². The highest BCUT2D eigenvalue weighted by Crippen LogP contribution is 2.40. The first-order chi connectivity index (χ1) is 9.25. The van der Waals surface area contributed by atoms with Crippen molar-refractivity contribution in [3.63, 3.8) is 0 Å². The molecule has 0 amide bonds. The van der Waals surface area contributed by atoms with Crippen LogP contribution in [-0.4, -0.2) is 20.3 Å². The smallest absolute Gasteiger partial charge is 0.250 e. The summed E-state index contributed by atoms with van der Waals surface area (Å²) in [5.41, 5.74) is -0.842. The van der Waals surface area contributed by atoms with Gasteiger partial charge in [0.05, 0.1) is 6.26 Å². The van der Waals surface area contributed by atoms with E-state index in [1.165, 1.54) is 0 Å². The van der Waals surface area contributed by atoms with Crippen LogP contribution in [-0.2, 0) is 14.3 Å². The molecule has 1 aliphatic carbocycles. The van der Waals surface area contributed by atoms with Crippen molar-refractivity contribution in [1.29, 1.82) is 0 Å². The average molecular weight is 296 g/mol. The molecule has 0 radical (unpaired) electrons. The molecule has 0 atom stereocenters. The third-order valence-corrected chi connectivity index (χ3v) is 3.28. The van der Waals surface area contributed by atoms with Crippen LogP contribution in [0, 0.1) is 35.8 Å². The van der Waals surface area contributed by atoms with Crippen molar-refractivity contribution in [3.8, 4) is 24.2 Å². The number of hydrogen-bond acceptors (Lipinski definition) is 3. The Hall–Kier alpha value is -1.89. The van der Waals surface area contributed by atoms with Gasteiger partial charge in [0, 0.05) is 11.1 Å². The zero-order chi connectivity index (χ0) is 15.0. The molecule has 6 heteroatoms. The first kappa shape index (κ1) is 14.5. The summed E-state index contributed by atoms with van der Waals surface area (Å²) >= 11 is 0. The van der Waals surface area contributed by atoms with Gasteiger partial charge in [-0.05, 0) is 25.0 Å². The summed E-state index contributed by atoms with van der Waals surface area (Å²) in [5, 5.41) is 0. The topological polar surface area (TPSA) is 43.4 Å². The van der Waals surface area contributed by atoms with E-state index in [1.807, 2.05) is 0 Å². The molecule has 0 heterocycles. The van der Waals surface area contributed by atoms with Gasteiger partial charge < -0.3 is 0 Å². The van der Waals surface area contributed by atoms with E-state index in [2.05, 4.69) is 17.8 Å². The van der Waals surface area contributed by atoms with E-state index in [0.717, 1.165) is 18.4 Å². The van der Waals surface area contributed by atoms with Crippen LogP contribution in [0.3, 0.4) is 0 Å². The van der Waals surface area contributed by atoms with Crippen LogP contribution >= 0.6 is 0 Å². The molecule has 104 valence electrons. The van der Waals surface area contributed by atoms with Crippen molar-refractivity contribution in [3.05, 3.63) is 34.9 Å². The maximum absolute atomic E-state index is 13.2. The number of halogens is 2. The molecule has 0 spiro atoms. The molecule has 20 heavy (non-hydrogen) atoms. The quantitative estimate of drug-likeness (QED) is 0.617. The van der Waals surface area contributed by atoms with Crippen molar-refractivity contribution in [2.24, 2.45) is 0 Å². The van der Waals surface area contributed by atoms with Gasteiger partial charge in [0.2, 0.25) is 0 Å². The zero-order valence-electron chi connectivity index (χ0n) is 10.5. The lowest BCUT2D eigenvalue weighted by Crippen LogP contribution is -2.16. The molecule has 0 aliphatic heterocycles. The normalized spacial score (nSPS) is 15.9. The molecule has 1 saturated carbocycles. The van der Waals surface area contributed by atoms with Crippen LogP contribution in [0.1, 0.15) is 24.0 Å². The van der Waals surface area contributed by atoms with Gasteiger partial charge in [0.15, 0.2) is 11.6 Å². The molecule has 0 unspecified atom stereocenters. The molecular weight excluding hydrogens is 286 g/mol. The largest absolute Gasteiger partial charge is 0.265 e. The van der Waals surface area contributed by atoms with Gasteiger partial charge in [-0.15, -0.1) is 6.42 Å². The zero-order valence-corrected chi connectivity index (χ0v) is 11.4. The molecule has 3 nitrogen and oxygen atoms in total. The van der Waals surface area contributed by atoms with Crippen LogP contribution in [0.5, 0.6) is 0 Å². The van der Waals surface area contributed by atoms with Crippen molar-refractivity contribution in [1.82, 2.24) is 0 Å². The second-order valence-corrected chi connectivity index (χ2v) is 6.06. The summed E-state index contributed by atoms with van der Waals surface area (Å²) in [4.78, 5) is 0. The number of terminal acetylenes is 1. The molecule has 1 aliphatic rings. The molecule has 0 bridgehead atoms. The lowest BCUT2D eigenvalue weighted by Gasteiger charge is -2.06. The van der Waals surface area contributed by atoms with E-state index in [9.17, 15) is 17.2 Å². The summed E-state index contributed by atoms with van der Waals surface area (Å²) < 4.78 is 53.2. The summed E-state index contributed by atoms with van der Waals surface area (Å²) in [6.45, 7) is 0. The maximum atomic E-state index is 13.2. The Morgan fingerprint density at radius 2 is 1.80 bits per heavy atom. The fourth-order valence-electron chi connectivity index (χ4n) is 1.58. The third kappa shape index (κ3) is 3.36. The predicted molar refractivity (Wildman–Crippen MR) is 69.1 cm³/mol. The van der Waals surface area contributed by atoms with Crippen molar-refractivity contribution in [2.75, 3.05) is 6.26 Å². The highest BCUT2D eigenvalue weighted by atomic mass is 32.2. The molecule has 0 N–H and O–H groups in total. The summed E-state index contributed by atoms with van der Waals surface area (Å²) in [5.74, 6) is 5.27. The van der Waals surface area contributed by atoms with Gasteiger partial charge >= 0.3 is 0 Å². The Labute approximate surface area is 116 Å². The van der Waals surface area contributed by atoms with Crippen molar-refractivity contribution >= 4 is 10.1 Å². The van der Waals surface area contributed by atoms with Crippen LogP contribution < -0.4 is 0 Å². The highest BCUT2D eigenvalue weighted by molar-refractivity contribution is 7.86. The Bertz CT molecular complexity index is 760. The molecule has 0 aromatic heterocycles. The Morgan fingerprint density at radius 3 is 2.25 bits per heavy atom. The lowest BCUT2D eigenvalue weighted by atomic mass is 10.1. The highest BCUT2D eigenvalue weighted by Gasteiger charge is 2.46. The van der Waals surface area contributed by atoms with Gasteiger partial charge in [-0.2, -0.15) is 8.42 Å². The maximum Gasteiger partial charge on any atom is 0.265 e. The Balaban J connectivity index is 2.35. The van der Waals surface area contributed by atoms with E-state index in [1.54, 1.807) is 0 Å². The van der Waals surface area contributed by atoms with E-state index in [0.29, 0.717) is 12.8 Å². The van der Waals surface area contributed by atoms with E-state index < -0.39 is 27.4 Å². The van der Waals surface area contributed by atoms with Crippen LogP contribution in [0.25, 0.3) is 0 Å². The Morgan fingerprint density at radius 1 is 1.25 bits per heavy atom. The lowest BCUT2D eigenvalue weighted by molar-refractivity contribution is 0.249. The first-order valence-corrected chi connectivity index (χ1v) is 7.46. The number of rotatable bonds is 2. The van der Waals surface area contributed by atoms with Gasteiger partial charge in [0.1, 0.15) is 5.60 Å². The third-order valence-electron chi connectivity index (χ3n) is 2.66. The predicted octanol–water partition coefficient (Wildman–Crippen LogP) is 1.81. The second-order valence-electron chi connectivity index (χ2n) is 4.49. The standard InChI is InChI=1S/C14H10F2O3S/c1-3-10-8-12(15)13(16)9-11(10)4-5-14(6-7-14)19-20(2,17)18/h1,8-9H,6-7H2,2H3. The van der Waals surface area contributed by atoms with Crippen LogP contribution in [0.2, 0.25) is 0 Å². The summed E-state index contributed by atoms with van der Waals surface area (Å²) in [6.07, 6.45) is 7.04. The Kier molecular flexibility index (Phi) is 3.56. The molecular formula is C14H10F2O3S. The van der Waals surface area contributed by atoms with Crippen molar-refractivity contribution < 1.29 is 21.4 Å². The minimum absolute atomic E-state index is 0.103. The molecule has 1 aromatic carbocycles. The summed E-state index contributed by atoms with van der Waals surface area (Å²) in [7, 11) is -3.63. The van der Waals surface area contributed by atoms with Gasteiger partial charge in [-0.25, -0.2) is 8.78 Å². The SMILES string of the molecule is C#Cc1cc(F)c(F)cc1C#CC1(OS(C)(=O)=O)CC1. The minimum atomic E-state index is -3.63. The van der Waals surface area contributed by atoms with E-state index in [4.69, 9.17) is 10.6 Å². The first-order valence-electron chi connectivity index (χ1n) is 5.64. The molecule has 0 saturated heterocycles. The van der Waals surface area contributed by atoms with Crippen molar-refractivity contribution in [2.45, 2.75) is 18.4 Å². The molecule has 2 rings (SSSR count). The molecule has 1 aromatic rings. The minimum Gasteiger partial charge on any atom is -0.250 e.